The molecule has 0 aliphatic carbocycles. The molecule has 0 aliphatic heterocycles. The quantitative estimate of drug-likeness (QED) is 0.0558. The van der Waals surface area contributed by atoms with Crippen LogP contribution in [0, 0.1) is 5.82 Å². The van der Waals surface area contributed by atoms with Crippen molar-refractivity contribution < 1.29 is 13.9 Å². The van der Waals surface area contributed by atoms with Gasteiger partial charge < -0.3 is 9.47 Å². The van der Waals surface area contributed by atoms with E-state index in [1.807, 2.05) is 6.07 Å². The third-order valence-electron chi connectivity index (χ3n) is 8.02. The minimum Gasteiger partial charge on any atom is -0.467 e. The van der Waals surface area contributed by atoms with E-state index in [0.29, 0.717) is 8.58 Å². The number of hydrogen-bond acceptors (Lipinski definition) is 3. The fraction of sp³-hybridized carbons (Fsp3) is 0.342. The Morgan fingerprint density at radius 3 is 2.16 bits per heavy atom. The Morgan fingerprint density at radius 2 is 1.53 bits per heavy atom. The molecule has 2 unspecified atom stereocenters. The number of halogens is 1. The molecule has 0 aliphatic rings. The predicted molar refractivity (Wildman–Crippen MR) is 181 cm³/mol. The van der Waals surface area contributed by atoms with Gasteiger partial charge in [0, 0.05) is 43.1 Å². The van der Waals surface area contributed by atoms with Gasteiger partial charge in [0.1, 0.15) is 11.6 Å². The molecular weight excluding hydrogens is 552 g/mol. The van der Waals surface area contributed by atoms with Crippen LogP contribution >= 0.6 is 8.58 Å². The number of unbranched alkanes of at least 4 members (excludes halogenated alkanes) is 2. The van der Waals surface area contributed by atoms with E-state index in [0.717, 1.165) is 61.6 Å². The number of ether oxygens (including phenoxy) is 2. The number of rotatable bonds is 16. The van der Waals surface area contributed by atoms with Crippen LogP contribution < -0.4 is 10.0 Å². The lowest BCUT2D eigenvalue weighted by molar-refractivity contribution is 0.0492. The summed E-state index contributed by atoms with van der Waals surface area (Å²) in [5, 5.41) is 0.922. The summed E-state index contributed by atoms with van der Waals surface area (Å²) < 4.78 is 26.4. The minimum absolute atomic E-state index is 0.176. The highest BCUT2D eigenvalue weighted by atomic mass is 31.1. The summed E-state index contributed by atoms with van der Waals surface area (Å²) in [7, 11) is 3.82. The maximum atomic E-state index is 14.4. The predicted octanol–water partition coefficient (Wildman–Crippen LogP) is 9.23. The first-order chi connectivity index (χ1) is 21.0. The first-order valence-corrected chi connectivity index (χ1v) is 16.4. The van der Waals surface area contributed by atoms with Gasteiger partial charge in [0.25, 0.3) is 0 Å². The molecule has 0 fully saturated rings. The zero-order valence-electron chi connectivity index (χ0n) is 26.0. The molecule has 2 atom stereocenters. The van der Waals surface area contributed by atoms with Crippen molar-refractivity contribution in [3.8, 4) is 5.75 Å². The highest BCUT2D eigenvalue weighted by Crippen LogP contribution is 2.53. The molecule has 3 nitrogen and oxygen atoms in total. The third kappa shape index (κ3) is 8.85. The molecule has 226 valence electrons. The Labute approximate surface area is 259 Å². The van der Waals surface area contributed by atoms with Gasteiger partial charge in [0.05, 0.1) is 0 Å². The first-order valence-electron chi connectivity index (χ1n) is 15.4. The van der Waals surface area contributed by atoms with E-state index in [2.05, 4.69) is 91.6 Å². The van der Waals surface area contributed by atoms with Crippen molar-refractivity contribution in [2.45, 2.75) is 63.9 Å². The van der Waals surface area contributed by atoms with Crippen LogP contribution in [0.4, 0.5) is 4.39 Å². The smallest absolute Gasteiger partial charge is 0.188 e. The molecule has 0 aromatic heterocycles. The van der Waals surface area contributed by atoms with Crippen LogP contribution in [0.2, 0.25) is 0 Å². The van der Waals surface area contributed by atoms with E-state index < -0.39 is 0 Å². The summed E-state index contributed by atoms with van der Waals surface area (Å²) in [4.78, 5) is 4.26. The van der Waals surface area contributed by atoms with E-state index in [1.54, 1.807) is 32.5 Å². The maximum absolute atomic E-state index is 14.4. The first kappa shape index (κ1) is 32.6. The van der Waals surface area contributed by atoms with Crippen molar-refractivity contribution in [1.29, 1.82) is 0 Å². The van der Waals surface area contributed by atoms with Crippen LogP contribution in [0.5, 0.6) is 5.75 Å². The zero-order chi connectivity index (χ0) is 30.5. The molecule has 4 aromatic carbocycles. The fourth-order valence-corrected chi connectivity index (χ4v) is 7.59. The van der Waals surface area contributed by atoms with Crippen LogP contribution in [0.25, 0.3) is 0 Å². The molecule has 0 saturated carbocycles. The van der Waals surface area contributed by atoms with E-state index in [4.69, 9.17) is 9.47 Å². The molecule has 0 saturated heterocycles. The van der Waals surface area contributed by atoms with Gasteiger partial charge >= 0.3 is 0 Å². The van der Waals surface area contributed by atoms with Crippen molar-refractivity contribution in [3.05, 3.63) is 130 Å². The molecule has 0 amide bonds. The van der Waals surface area contributed by atoms with Crippen LogP contribution in [0.15, 0.2) is 96.0 Å². The van der Waals surface area contributed by atoms with Crippen molar-refractivity contribution in [1.82, 2.24) is 0 Å². The van der Waals surface area contributed by atoms with E-state index in [1.165, 1.54) is 27.8 Å². The molecule has 0 spiro atoms. The highest BCUT2D eigenvalue weighted by molar-refractivity contribution is 7.48. The summed E-state index contributed by atoms with van der Waals surface area (Å²) in [6.07, 6.45) is 8.74. The van der Waals surface area contributed by atoms with Gasteiger partial charge in [0.2, 0.25) is 0 Å². The lowest BCUT2D eigenvalue weighted by Crippen LogP contribution is -2.26. The Hall–Kier alpha value is -3.33. The van der Waals surface area contributed by atoms with E-state index in [-0.39, 0.29) is 17.8 Å². The molecule has 43 heavy (non-hydrogen) atoms. The number of aliphatic imine (C=N–C) groups is 1. The van der Waals surface area contributed by atoms with Gasteiger partial charge in [-0.05, 0) is 59.0 Å². The standard InChI is InChI=1S/C38H45FNO2P/c1-5-7-14-21-38(6-2,43-36-20-19-34(39)26-33(36)27-40-3)35-25-31(22-29-15-10-8-11-16-29)24-32(37(35)42-28-41-4)23-30-17-12-9-13-18-30/h8-13,15-20,24-27,43H,5-7,14,21-23,28H2,1-4H3/b40-27+. The third-order valence-corrected chi connectivity index (χ3v) is 10.1. The Morgan fingerprint density at radius 1 is 0.837 bits per heavy atom. The van der Waals surface area contributed by atoms with Gasteiger partial charge in [-0.15, -0.1) is 0 Å². The Kier molecular flexibility index (Phi) is 12.5. The Balaban J connectivity index is 1.95. The van der Waals surface area contributed by atoms with E-state index >= 15 is 0 Å². The lowest BCUT2D eigenvalue weighted by Gasteiger charge is -2.37. The summed E-state index contributed by atoms with van der Waals surface area (Å²) in [6.45, 7) is 4.71. The average Bonchev–Trinajstić information content (AvgIpc) is 3.02. The summed E-state index contributed by atoms with van der Waals surface area (Å²) in [5.41, 5.74) is 7.02. The Bertz CT molecular complexity index is 1460. The SMILES string of the molecule is CCCCCC(CC)(Pc1ccc(F)cc1/C=N/C)c1cc(Cc2ccccc2)cc(Cc2ccccc2)c1OCOC. The normalized spacial score (nSPS) is 13.1. The number of hydrogen-bond donors (Lipinski definition) is 0. The topological polar surface area (TPSA) is 30.8 Å². The monoisotopic (exact) mass is 597 g/mol. The lowest BCUT2D eigenvalue weighted by atomic mass is 9.84. The second-order valence-electron chi connectivity index (χ2n) is 11.1. The van der Waals surface area contributed by atoms with E-state index in [9.17, 15) is 4.39 Å². The molecule has 0 heterocycles. The van der Waals surface area contributed by atoms with Crippen molar-refractivity contribution in [2.24, 2.45) is 4.99 Å². The fourth-order valence-electron chi connectivity index (χ4n) is 5.83. The van der Waals surface area contributed by atoms with Crippen molar-refractivity contribution in [3.63, 3.8) is 0 Å². The zero-order valence-corrected chi connectivity index (χ0v) is 27.0. The number of methoxy groups -OCH3 is 1. The van der Waals surface area contributed by atoms with Gasteiger partial charge in [0.15, 0.2) is 6.79 Å². The molecule has 4 aromatic rings. The number of benzene rings is 4. The minimum atomic E-state index is -0.240. The summed E-state index contributed by atoms with van der Waals surface area (Å²) in [5.74, 6) is 0.678. The highest BCUT2D eigenvalue weighted by Gasteiger charge is 2.35. The van der Waals surface area contributed by atoms with Crippen LogP contribution in [0.3, 0.4) is 0 Å². The van der Waals surface area contributed by atoms with Gasteiger partial charge in [-0.2, -0.15) is 0 Å². The maximum Gasteiger partial charge on any atom is 0.188 e. The molecule has 5 heteroatoms. The largest absolute Gasteiger partial charge is 0.467 e. The molecule has 0 bridgehead atoms. The van der Waals surface area contributed by atoms with Crippen molar-refractivity contribution >= 4 is 20.1 Å². The van der Waals surface area contributed by atoms with Gasteiger partial charge in [-0.3, -0.25) is 4.99 Å². The average molecular weight is 598 g/mol. The van der Waals surface area contributed by atoms with Gasteiger partial charge in [-0.25, -0.2) is 4.39 Å². The second-order valence-corrected chi connectivity index (χ2v) is 12.9. The summed E-state index contributed by atoms with van der Waals surface area (Å²) in [6, 6.07) is 31.1. The molecule has 0 N–H and O–H groups in total. The van der Waals surface area contributed by atoms with Crippen LogP contribution in [-0.2, 0) is 22.7 Å². The molecule has 4 rings (SSSR count). The second kappa shape index (κ2) is 16.5. The molecular formula is C38H45FNO2P. The number of nitrogens with zero attached hydrogens (tertiary/aromatic N) is 1. The van der Waals surface area contributed by atoms with Crippen LogP contribution in [-0.4, -0.2) is 27.2 Å². The van der Waals surface area contributed by atoms with Crippen LogP contribution in [0.1, 0.15) is 79.3 Å². The molecule has 0 radical (unpaired) electrons. The summed E-state index contributed by atoms with van der Waals surface area (Å²) >= 11 is 0. The van der Waals surface area contributed by atoms with Crippen molar-refractivity contribution in [2.75, 3.05) is 21.0 Å². The van der Waals surface area contributed by atoms with Gasteiger partial charge in [-0.1, -0.05) is 121 Å².